The van der Waals surface area contributed by atoms with E-state index in [-0.39, 0.29) is 24.4 Å². The van der Waals surface area contributed by atoms with Crippen molar-refractivity contribution in [3.05, 3.63) is 42.2 Å². The molecule has 1 fully saturated rings. The molecule has 1 aromatic heterocycles. The Kier molecular flexibility index (Phi) is 4.50. The van der Waals surface area contributed by atoms with Crippen LogP contribution in [0.5, 0.6) is 5.75 Å². The molecule has 0 spiro atoms. The van der Waals surface area contributed by atoms with Gasteiger partial charge in [0.25, 0.3) is 0 Å². The molecular formula is C17H20N4O3. The Morgan fingerprint density at radius 1 is 1.38 bits per heavy atom. The van der Waals surface area contributed by atoms with Crippen LogP contribution in [0, 0.1) is 6.92 Å². The highest BCUT2D eigenvalue weighted by Gasteiger charge is 2.31. The lowest BCUT2D eigenvalue weighted by Gasteiger charge is -2.17. The lowest BCUT2D eigenvalue weighted by molar-refractivity contribution is -0.122. The number of anilines is 1. The second kappa shape index (κ2) is 6.74. The van der Waals surface area contributed by atoms with E-state index in [1.165, 1.54) is 0 Å². The highest BCUT2D eigenvalue weighted by Crippen LogP contribution is 2.24. The number of hydrogen-bond donors (Lipinski definition) is 1. The second-order valence-corrected chi connectivity index (χ2v) is 5.89. The van der Waals surface area contributed by atoms with Gasteiger partial charge in [-0.15, -0.1) is 0 Å². The van der Waals surface area contributed by atoms with E-state index >= 15 is 0 Å². The molecule has 0 radical (unpaired) electrons. The number of amides is 2. The van der Waals surface area contributed by atoms with Gasteiger partial charge in [0.05, 0.1) is 19.3 Å². The minimum atomic E-state index is -0.191. The molecule has 7 nitrogen and oxygen atoms in total. The van der Waals surface area contributed by atoms with Crippen LogP contribution in [0.3, 0.4) is 0 Å². The third-order valence-electron chi connectivity index (χ3n) is 3.94. The molecule has 1 aliphatic heterocycles. The molecule has 24 heavy (non-hydrogen) atoms. The van der Waals surface area contributed by atoms with Gasteiger partial charge < -0.3 is 15.0 Å². The van der Waals surface area contributed by atoms with Gasteiger partial charge in [-0.3, -0.25) is 14.3 Å². The molecule has 1 saturated heterocycles. The molecule has 126 valence electrons. The van der Waals surface area contributed by atoms with Crippen LogP contribution in [-0.2, 0) is 16.1 Å². The van der Waals surface area contributed by atoms with E-state index in [4.69, 9.17) is 4.74 Å². The number of aryl methyl sites for hydroxylation is 1. The van der Waals surface area contributed by atoms with Crippen molar-refractivity contribution in [2.45, 2.75) is 25.9 Å². The molecule has 2 amide bonds. The zero-order chi connectivity index (χ0) is 17.1. The molecule has 1 unspecified atom stereocenters. The second-order valence-electron chi connectivity index (χ2n) is 5.89. The fourth-order valence-electron chi connectivity index (χ4n) is 2.79. The van der Waals surface area contributed by atoms with Crippen LogP contribution >= 0.6 is 0 Å². The number of nitrogens with one attached hydrogen (secondary N) is 1. The quantitative estimate of drug-likeness (QED) is 0.892. The monoisotopic (exact) mass is 328 g/mol. The minimum absolute atomic E-state index is 0.000371. The van der Waals surface area contributed by atoms with E-state index in [9.17, 15) is 9.59 Å². The Bertz CT molecular complexity index is 739. The molecule has 3 rings (SSSR count). The Balaban J connectivity index is 1.58. The number of aromatic nitrogens is 2. The molecule has 0 bridgehead atoms. The minimum Gasteiger partial charge on any atom is -0.497 e. The van der Waals surface area contributed by atoms with Crippen LogP contribution < -0.4 is 15.0 Å². The van der Waals surface area contributed by atoms with Crippen LogP contribution in [0.25, 0.3) is 0 Å². The lowest BCUT2D eigenvalue weighted by Crippen LogP contribution is -2.39. The predicted molar refractivity (Wildman–Crippen MR) is 88.9 cm³/mol. The number of ether oxygens (including phenoxy) is 1. The van der Waals surface area contributed by atoms with E-state index in [1.807, 2.05) is 37.4 Å². The summed E-state index contributed by atoms with van der Waals surface area (Å²) in [6, 6.07) is 7.12. The summed E-state index contributed by atoms with van der Waals surface area (Å²) in [5, 5.41) is 6.99. The van der Waals surface area contributed by atoms with Crippen LogP contribution in [0.4, 0.5) is 5.69 Å². The van der Waals surface area contributed by atoms with Gasteiger partial charge in [0.1, 0.15) is 12.3 Å². The summed E-state index contributed by atoms with van der Waals surface area (Å²) in [6.07, 6.45) is 3.82. The average molecular weight is 328 g/mol. The third kappa shape index (κ3) is 3.56. The first-order valence-corrected chi connectivity index (χ1v) is 7.78. The van der Waals surface area contributed by atoms with E-state index in [0.717, 1.165) is 17.0 Å². The summed E-state index contributed by atoms with van der Waals surface area (Å²) < 4.78 is 6.71. The van der Waals surface area contributed by atoms with Gasteiger partial charge in [-0.1, -0.05) is 0 Å². The van der Waals surface area contributed by atoms with Crippen molar-refractivity contribution in [3.63, 3.8) is 0 Å². The topological polar surface area (TPSA) is 76.5 Å². The van der Waals surface area contributed by atoms with Crippen molar-refractivity contribution in [3.8, 4) is 5.75 Å². The summed E-state index contributed by atoms with van der Waals surface area (Å²) in [7, 11) is 1.60. The molecule has 7 heteroatoms. The molecule has 1 atom stereocenters. The molecule has 1 aromatic carbocycles. The Morgan fingerprint density at radius 2 is 2.12 bits per heavy atom. The number of carbonyl (C=O) groups excluding carboxylic acids is 2. The van der Waals surface area contributed by atoms with E-state index < -0.39 is 0 Å². The summed E-state index contributed by atoms with van der Waals surface area (Å²) in [6.45, 7) is 2.54. The first kappa shape index (κ1) is 16.0. The van der Waals surface area contributed by atoms with Gasteiger partial charge >= 0.3 is 0 Å². The first-order chi connectivity index (χ1) is 11.5. The Hall–Kier alpha value is -2.83. The molecule has 1 N–H and O–H groups in total. The van der Waals surface area contributed by atoms with E-state index in [0.29, 0.717) is 13.0 Å². The average Bonchev–Trinajstić information content (AvgIpc) is 3.13. The maximum atomic E-state index is 12.2. The van der Waals surface area contributed by atoms with Gasteiger partial charge in [0.15, 0.2) is 0 Å². The summed E-state index contributed by atoms with van der Waals surface area (Å²) in [5.74, 6) is 0.595. The van der Waals surface area contributed by atoms with Crippen LogP contribution in [0.15, 0.2) is 36.7 Å². The highest BCUT2D eigenvalue weighted by molar-refractivity contribution is 5.96. The fourth-order valence-corrected chi connectivity index (χ4v) is 2.79. The van der Waals surface area contributed by atoms with Crippen LogP contribution in [0.2, 0.25) is 0 Å². The van der Waals surface area contributed by atoms with Crippen LogP contribution in [0.1, 0.15) is 12.0 Å². The highest BCUT2D eigenvalue weighted by atomic mass is 16.5. The normalized spacial score (nSPS) is 17.2. The van der Waals surface area contributed by atoms with Crippen molar-refractivity contribution < 1.29 is 14.3 Å². The molecule has 2 heterocycles. The van der Waals surface area contributed by atoms with Gasteiger partial charge in [0.2, 0.25) is 11.8 Å². The van der Waals surface area contributed by atoms with Gasteiger partial charge in [-0.25, -0.2) is 0 Å². The number of benzene rings is 1. The largest absolute Gasteiger partial charge is 0.497 e. The molecule has 0 aliphatic carbocycles. The first-order valence-electron chi connectivity index (χ1n) is 7.78. The number of hydrogen-bond acceptors (Lipinski definition) is 4. The van der Waals surface area contributed by atoms with Gasteiger partial charge in [-0.2, -0.15) is 5.10 Å². The fraction of sp³-hybridized carbons (Fsp3) is 0.353. The zero-order valence-corrected chi connectivity index (χ0v) is 13.7. The molecule has 1 aliphatic rings. The summed E-state index contributed by atoms with van der Waals surface area (Å²) in [4.78, 5) is 26.0. The summed E-state index contributed by atoms with van der Waals surface area (Å²) in [5.41, 5.74) is 1.81. The predicted octanol–water partition coefficient (Wildman–Crippen LogP) is 1.12. The number of carbonyl (C=O) groups is 2. The maximum absolute atomic E-state index is 12.2. The number of rotatable bonds is 5. The van der Waals surface area contributed by atoms with Crippen LogP contribution in [-0.4, -0.2) is 41.3 Å². The van der Waals surface area contributed by atoms with Crippen molar-refractivity contribution in [2.75, 3.05) is 18.6 Å². The van der Waals surface area contributed by atoms with E-state index in [1.54, 1.807) is 22.9 Å². The number of nitrogens with zero attached hydrogens (tertiary/aromatic N) is 3. The Morgan fingerprint density at radius 3 is 2.75 bits per heavy atom. The van der Waals surface area contributed by atoms with E-state index in [2.05, 4.69) is 10.4 Å². The Labute approximate surface area is 140 Å². The van der Waals surface area contributed by atoms with Gasteiger partial charge in [-0.05, 0) is 36.8 Å². The lowest BCUT2D eigenvalue weighted by atomic mass is 10.2. The maximum Gasteiger partial charge on any atom is 0.242 e. The molecule has 2 aromatic rings. The SMILES string of the molecule is COc1ccc(N2CC(NC(=O)Cn3cc(C)cn3)CC2=O)cc1. The van der Waals surface area contributed by atoms with Crippen molar-refractivity contribution >= 4 is 17.5 Å². The van der Waals surface area contributed by atoms with Crippen molar-refractivity contribution in [2.24, 2.45) is 0 Å². The molecular weight excluding hydrogens is 308 g/mol. The zero-order valence-electron chi connectivity index (χ0n) is 13.7. The van der Waals surface area contributed by atoms with Gasteiger partial charge in [0, 0.05) is 24.8 Å². The smallest absolute Gasteiger partial charge is 0.242 e. The van der Waals surface area contributed by atoms with Crippen molar-refractivity contribution in [1.29, 1.82) is 0 Å². The standard InChI is InChI=1S/C17H20N4O3/c1-12-8-18-20(9-12)11-16(22)19-13-7-17(23)21(10-13)14-3-5-15(24-2)6-4-14/h3-6,8-9,13H,7,10-11H2,1-2H3,(H,19,22). The third-order valence-corrected chi connectivity index (χ3v) is 3.94. The van der Waals surface area contributed by atoms with Crippen molar-refractivity contribution in [1.82, 2.24) is 15.1 Å². The molecule has 0 saturated carbocycles. The number of methoxy groups -OCH3 is 1. The summed E-state index contributed by atoms with van der Waals surface area (Å²) >= 11 is 0.